The number of aliphatic carboxylic acids is 1. The van der Waals surface area contributed by atoms with Gasteiger partial charge in [-0.15, -0.1) is 0 Å². The number of aliphatic hydroxyl groups is 1. The van der Waals surface area contributed by atoms with Crippen molar-refractivity contribution in [3.05, 3.63) is 54.5 Å². The summed E-state index contributed by atoms with van der Waals surface area (Å²) in [6.07, 6.45) is 4.15. The van der Waals surface area contributed by atoms with Gasteiger partial charge in [-0.3, -0.25) is 0 Å². The molecule has 41 heavy (non-hydrogen) atoms. The van der Waals surface area contributed by atoms with E-state index >= 15 is 0 Å². The Balaban J connectivity index is 0.000000493. The van der Waals surface area contributed by atoms with Crippen LogP contribution in [0.1, 0.15) is 57.1 Å². The highest BCUT2D eigenvalue weighted by Crippen LogP contribution is 2.42. The fourth-order valence-corrected chi connectivity index (χ4v) is 6.49. The van der Waals surface area contributed by atoms with Gasteiger partial charge in [0.25, 0.3) is 0 Å². The second-order valence-electron chi connectivity index (χ2n) is 11.4. The summed E-state index contributed by atoms with van der Waals surface area (Å²) in [5.74, 6) is -2.05. The van der Waals surface area contributed by atoms with Gasteiger partial charge in [0.1, 0.15) is 24.0 Å². The van der Waals surface area contributed by atoms with Crippen molar-refractivity contribution in [2.75, 3.05) is 32.8 Å². The van der Waals surface area contributed by atoms with Crippen LogP contribution in [0.15, 0.2) is 53.1 Å². The molecule has 1 saturated carbocycles. The third kappa shape index (κ3) is 7.62. The van der Waals surface area contributed by atoms with Crippen molar-refractivity contribution in [3.8, 4) is 5.75 Å². The average molecular weight is 582 g/mol. The Morgan fingerprint density at radius 1 is 1.00 bits per heavy atom. The SMILES string of the molecule is O=C(O[C@H]1C[N+]2(CCCOc3ccccc3)CCC1CC2)[C@@](O)(c1ccco1)C1CCCCC1.O=C([O-])C(F)(F)F. The predicted molar refractivity (Wildman–Crippen MR) is 139 cm³/mol. The lowest BCUT2D eigenvalue weighted by Gasteiger charge is -2.52. The summed E-state index contributed by atoms with van der Waals surface area (Å²) in [5.41, 5.74) is -1.69. The van der Waals surface area contributed by atoms with Crippen molar-refractivity contribution in [1.82, 2.24) is 0 Å². The Labute approximate surface area is 237 Å². The first-order valence-electron chi connectivity index (χ1n) is 14.3. The number of alkyl halides is 3. The molecule has 226 valence electrons. The van der Waals surface area contributed by atoms with E-state index in [2.05, 4.69) is 0 Å². The van der Waals surface area contributed by atoms with Crippen LogP contribution in [-0.4, -0.2) is 66.6 Å². The van der Waals surface area contributed by atoms with E-state index in [9.17, 15) is 23.1 Å². The number of benzene rings is 1. The number of carbonyl (C=O) groups excluding carboxylic acids is 2. The number of rotatable bonds is 9. The van der Waals surface area contributed by atoms with E-state index in [1.54, 1.807) is 12.1 Å². The van der Waals surface area contributed by atoms with Crippen LogP contribution >= 0.6 is 0 Å². The summed E-state index contributed by atoms with van der Waals surface area (Å²) in [7, 11) is 0. The van der Waals surface area contributed by atoms with Gasteiger partial charge in [-0.25, -0.2) is 4.79 Å². The molecule has 1 aromatic heterocycles. The van der Waals surface area contributed by atoms with Crippen molar-refractivity contribution in [2.24, 2.45) is 11.8 Å². The molecule has 0 unspecified atom stereocenters. The lowest BCUT2D eigenvalue weighted by Crippen LogP contribution is -2.65. The first kappa shape index (κ1) is 30.9. The number of carboxylic acid groups (broad SMARTS) is 1. The summed E-state index contributed by atoms with van der Waals surface area (Å²) >= 11 is 0. The first-order valence-corrected chi connectivity index (χ1v) is 14.3. The van der Waals surface area contributed by atoms with Crippen molar-refractivity contribution in [1.29, 1.82) is 0 Å². The molecule has 1 aliphatic carbocycles. The fraction of sp³-hybridized carbons (Fsp3) is 0.600. The third-order valence-electron chi connectivity index (χ3n) is 8.72. The molecule has 1 aromatic carbocycles. The molecule has 3 aliphatic heterocycles. The average Bonchev–Trinajstić information content (AvgIpc) is 3.52. The minimum atomic E-state index is -5.19. The highest BCUT2D eigenvalue weighted by atomic mass is 19.4. The summed E-state index contributed by atoms with van der Waals surface area (Å²) in [6, 6.07) is 13.4. The second-order valence-corrected chi connectivity index (χ2v) is 11.4. The van der Waals surface area contributed by atoms with E-state index in [1.807, 2.05) is 30.3 Å². The summed E-state index contributed by atoms with van der Waals surface area (Å²) in [5, 5.41) is 20.5. The molecule has 0 spiro atoms. The number of ether oxygens (including phenoxy) is 2. The number of furan rings is 1. The van der Waals surface area contributed by atoms with Gasteiger partial charge >= 0.3 is 12.1 Å². The maximum absolute atomic E-state index is 13.6. The van der Waals surface area contributed by atoms with Gasteiger partial charge in [-0.05, 0) is 37.1 Å². The molecule has 0 radical (unpaired) electrons. The molecule has 2 bridgehead atoms. The van der Waals surface area contributed by atoms with Crippen LogP contribution in [0.5, 0.6) is 5.75 Å². The van der Waals surface area contributed by atoms with E-state index in [-0.39, 0.29) is 12.0 Å². The number of quaternary nitrogens is 1. The Morgan fingerprint density at radius 3 is 2.24 bits per heavy atom. The summed E-state index contributed by atoms with van der Waals surface area (Å²) < 4.78 is 50.2. The normalized spacial score (nSPS) is 25.9. The molecule has 3 saturated heterocycles. The molecule has 6 rings (SSSR count). The number of halogens is 3. The third-order valence-corrected chi connectivity index (χ3v) is 8.72. The number of hydrogen-bond acceptors (Lipinski definition) is 7. The minimum absolute atomic E-state index is 0.143. The molecule has 2 atom stereocenters. The molecule has 0 amide bonds. The number of esters is 1. The summed E-state index contributed by atoms with van der Waals surface area (Å²) in [6.45, 7) is 4.82. The molecule has 11 heteroatoms. The molecule has 4 heterocycles. The van der Waals surface area contributed by atoms with E-state index in [0.29, 0.717) is 18.3 Å². The van der Waals surface area contributed by atoms with Gasteiger partial charge in [0.2, 0.25) is 5.60 Å². The highest BCUT2D eigenvalue weighted by molar-refractivity contribution is 5.81. The molecule has 4 aliphatic rings. The Bertz CT molecular complexity index is 1110. The summed E-state index contributed by atoms with van der Waals surface area (Å²) in [4.78, 5) is 22.4. The lowest BCUT2D eigenvalue weighted by molar-refractivity contribution is -0.946. The topological polar surface area (TPSA) is 109 Å². The Morgan fingerprint density at radius 2 is 1.66 bits per heavy atom. The van der Waals surface area contributed by atoms with Crippen LogP contribution in [0.4, 0.5) is 13.2 Å². The molecule has 2 aromatic rings. The largest absolute Gasteiger partial charge is 0.542 e. The van der Waals surface area contributed by atoms with Gasteiger partial charge in [-0.2, -0.15) is 13.2 Å². The maximum Gasteiger partial charge on any atom is 0.430 e. The molecule has 8 nitrogen and oxygen atoms in total. The van der Waals surface area contributed by atoms with Crippen LogP contribution in [0.2, 0.25) is 0 Å². The van der Waals surface area contributed by atoms with E-state index < -0.39 is 23.7 Å². The molecular formula is C30H38F3NO7. The predicted octanol–water partition coefficient (Wildman–Crippen LogP) is 3.97. The van der Waals surface area contributed by atoms with Gasteiger partial charge in [0, 0.05) is 31.1 Å². The van der Waals surface area contributed by atoms with E-state index in [4.69, 9.17) is 23.8 Å². The standard InChI is InChI=1S/C28H38NO5.C2HF3O2/c30-27(28(31,26-13-7-19-33-26)23-9-3-1-4-10-23)34-25-21-29(17-14-22(25)15-18-29)16-8-20-32-24-11-5-2-6-12-24;3-2(4,5)1(6)7/h2,5-7,11-13,19,22-23,25,31H,1,3-4,8-10,14-18,20-21H2;(H,6,7)/q+1;/p-1/t22?,25-,28-,29?;/m0./s1. The first-order chi connectivity index (χ1) is 19.5. The van der Waals surface area contributed by atoms with Gasteiger partial charge in [-0.1, -0.05) is 37.5 Å². The Hall–Kier alpha value is -3.05. The van der Waals surface area contributed by atoms with Crippen LogP contribution in [-0.2, 0) is 19.9 Å². The van der Waals surface area contributed by atoms with Crippen molar-refractivity contribution in [2.45, 2.75) is 69.2 Å². The number of hydrogen-bond donors (Lipinski definition) is 1. The number of nitrogens with zero attached hydrogens (tertiary/aromatic N) is 1. The smallest absolute Gasteiger partial charge is 0.430 e. The number of fused-ring (bicyclic) bond motifs is 3. The van der Waals surface area contributed by atoms with Crippen LogP contribution < -0.4 is 9.84 Å². The number of para-hydroxylation sites is 1. The zero-order valence-corrected chi connectivity index (χ0v) is 23.0. The Kier molecular flexibility index (Phi) is 10.0. The van der Waals surface area contributed by atoms with Crippen LogP contribution in [0, 0.1) is 11.8 Å². The van der Waals surface area contributed by atoms with E-state index in [1.165, 1.54) is 6.26 Å². The van der Waals surface area contributed by atoms with Crippen molar-refractivity contribution in [3.63, 3.8) is 0 Å². The number of piperidine rings is 3. The van der Waals surface area contributed by atoms with Gasteiger partial charge in [0.15, 0.2) is 6.10 Å². The van der Waals surface area contributed by atoms with E-state index in [0.717, 1.165) is 87.8 Å². The highest BCUT2D eigenvalue weighted by Gasteiger charge is 2.53. The molecular weight excluding hydrogens is 543 g/mol. The number of carbonyl (C=O) groups is 2. The fourth-order valence-electron chi connectivity index (χ4n) is 6.49. The maximum atomic E-state index is 13.6. The van der Waals surface area contributed by atoms with Crippen LogP contribution in [0.3, 0.4) is 0 Å². The van der Waals surface area contributed by atoms with Crippen LogP contribution in [0.25, 0.3) is 0 Å². The lowest BCUT2D eigenvalue weighted by atomic mass is 9.75. The quantitative estimate of drug-likeness (QED) is 0.271. The zero-order chi connectivity index (χ0) is 29.5. The molecule has 4 fully saturated rings. The van der Waals surface area contributed by atoms with Crippen molar-refractivity contribution < 1.29 is 51.3 Å². The molecule has 1 N–H and O–H groups in total. The monoisotopic (exact) mass is 581 g/mol. The second kappa shape index (κ2) is 13.3. The van der Waals surface area contributed by atoms with Crippen molar-refractivity contribution >= 4 is 11.9 Å². The number of carboxylic acids is 1. The van der Waals surface area contributed by atoms with Gasteiger partial charge in [0.05, 0.1) is 32.5 Å². The van der Waals surface area contributed by atoms with Gasteiger partial charge < -0.3 is 33.4 Å². The zero-order valence-electron chi connectivity index (χ0n) is 23.0. The minimum Gasteiger partial charge on any atom is -0.542 e.